The van der Waals surface area contributed by atoms with Gasteiger partial charge in [-0.15, -0.1) is 12.4 Å². The highest BCUT2D eigenvalue weighted by Gasteiger charge is 2.33. The van der Waals surface area contributed by atoms with Gasteiger partial charge in [-0.05, 0) is 38.8 Å². The zero-order valence-electron chi connectivity index (χ0n) is 14.3. The molecule has 0 saturated carbocycles. The van der Waals surface area contributed by atoms with Gasteiger partial charge in [0.15, 0.2) is 9.84 Å². The van der Waals surface area contributed by atoms with Gasteiger partial charge in [0.2, 0.25) is 0 Å². The van der Waals surface area contributed by atoms with Crippen molar-refractivity contribution in [3.8, 4) is 0 Å². The Morgan fingerprint density at radius 3 is 2.35 bits per heavy atom. The summed E-state index contributed by atoms with van der Waals surface area (Å²) < 4.78 is 26.1. The normalized spacial score (nSPS) is 17.7. The first-order valence-corrected chi connectivity index (χ1v) is 9.69. The fraction of sp³-hybridized carbons (Fsp3) is 0.556. The SMILES string of the molecule is CCCCC(N1CCC(C)=C(C)C1)S(=O)(=O)c1ccccc1.Cl. The van der Waals surface area contributed by atoms with Crippen molar-refractivity contribution in [2.45, 2.75) is 56.7 Å². The van der Waals surface area contributed by atoms with Gasteiger partial charge in [-0.1, -0.05) is 49.1 Å². The molecule has 1 aromatic rings. The summed E-state index contributed by atoms with van der Waals surface area (Å²) in [6.45, 7) is 7.99. The second-order valence-corrected chi connectivity index (χ2v) is 8.34. The molecule has 0 spiro atoms. The first-order valence-electron chi connectivity index (χ1n) is 8.15. The Balaban J connectivity index is 0.00000264. The van der Waals surface area contributed by atoms with E-state index < -0.39 is 15.2 Å². The summed E-state index contributed by atoms with van der Waals surface area (Å²) in [5.41, 5.74) is 2.72. The molecule has 23 heavy (non-hydrogen) atoms. The van der Waals surface area contributed by atoms with E-state index in [1.54, 1.807) is 24.3 Å². The van der Waals surface area contributed by atoms with E-state index in [1.165, 1.54) is 11.1 Å². The Morgan fingerprint density at radius 2 is 1.78 bits per heavy atom. The molecule has 1 atom stereocenters. The average molecular weight is 358 g/mol. The van der Waals surface area contributed by atoms with Gasteiger partial charge >= 0.3 is 0 Å². The number of halogens is 1. The fourth-order valence-electron chi connectivity index (χ4n) is 2.97. The van der Waals surface area contributed by atoms with E-state index in [-0.39, 0.29) is 12.4 Å². The van der Waals surface area contributed by atoms with Crippen LogP contribution >= 0.6 is 12.4 Å². The third kappa shape index (κ3) is 4.82. The monoisotopic (exact) mass is 357 g/mol. The lowest BCUT2D eigenvalue weighted by atomic mass is 10.0. The summed E-state index contributed by atoms with van der Waals surface area (Å²) in [6.07, 6.45) is 3.64. The Labute approximate surface area is 147 Å². The third-order valence-electron chi connectivity index (χ3n) is 4.58. The first-order chi connectivity index (χ1) is 10.5. The third-order valence-corrected chi connectivity index (χ3v) is 6.76. The predicted molar refractivity (Wildman–Crippen MR) is 98.8 cm³/mol. The minimum atomic E-state index is -3.31. The Hall–Kier alpha value is -0.840. The largest absolute Gasteiger partial charge is 0.283 e. The molecule has 2 rings (SSSR count). The Morgan fingerprint density at radius 1 is 1.13 bits per heavy atom. The number of rotatable bonds is 6. The summed E-state index contributed by atoms with van der Waals surface area (Å²) in [7, 11) is -3.31. The van der Waals surface area contributed by atoms with Crippen LogP contribution in [0.25, 0.3) is 0 Å². The maximum atomic E-state index is 13.1. The predicted octanol–water partition coefficient (Wildman–Crippen LogP) is 4.44. The van der Waals surface area contributed by atoms with Crippen LogP contribution in [0.4, 0.5) is 0 Å². The Kier molecular flexibility index (Phi) is 7.78. The number of benzene rings is 1. The van der Waals surface area contributed by atoms with Crippen molar-refractivity contribution in [2.75, 3.05) is 13.1 Å². The van der Waals surface area contributed by atoms with Gasteiger partial charge < -0.3 is 0 Å². The van der Waals surface area contributed by atoms with Crippen LogP contribution in [0.2, 0.25) is 0 Å². The molecule has 5 heteroatoms. The fourth-order valence-corrected chi connectivity index (χ4v) is 4.87. The highest BCUT2D eigenvalue weighted by molar-refractivity contribution is 7.92. The second kappa shape index (κ2) is 8.86. The Bertz CT molecular complexity index is 626. The number of sulfone groups is 1. The van der Waals surface area contributed by atoms with Gasteiger partial charge in [0, 0.05) is 13.1 Å². The van der Waals surface area contributed by atoms with E-state index in [1.807, 2.05) is 6.07 Å². The standard InChI is InChI=1S/C18H27NO2S.ClH/c1-4-5-11-18(19-13-12-15(2)16(3)14-19)22(20,21)17-9-7-6-8-10-17;/h6-10,18H,4-5,11-14H2,1-3H3;1H. The lowest BCUT2D eigenvalue weighted by Gasteiger charge is -2.35. The van der Waals surface area contributed by atoms with E-state index in [2.05, 4.69) is 25.7 Å². The van der Waals surface area contributed by atoms with E-state index in [4.69, 9.17) is 0 Å². The summed E-state index contributed by atoms with van der Waals surface area (Å²) in [5, 5.41) is -0.405. The highest BCUT2D eigenvalue weighted by Crippen LogP contribution is 2.27. The molecule has 1 heterocycles. The summed E-state index contributed by atoms with van der Waals surface area (Å²) in [5.74, 6) is 0. The number of hydrogen-bond acceptors (Lipinski definition) is 3. The molecular weight excluding hydrogens is 330 g/mol. The molecule has 1 aliphatic rings. The first kappa shape index (κ1) is 20.2. The van der Waals surface area contributed by atoms with Gasteiger partial charge in [-0.25, -0.2) is 8.42 Å². The minimum absolute atomic E-state index is 0. The second-order valence-electron chi connectivity index (χ2n) is 6.24. The smallest absolute Gasteiger partial charge is 0.194 e. The van der Waals surface area contributed by atoms with E-state index in [0.29, 0.717) is 11.3 Å². The topological polar surface area (TPSA) is 37.4 Å². The van der Waals surface area contributed by atoms with Crippen LogP contribution in [-0.4, -0.2) is 31.8 Å². The maximum Gasteiger partial charge on any atom is 0.194 e. The van der Waals surface area contributed by atoms with Crippen molar-refractivity contribution >= 4 is 22.2 Å². The van der Waals surface area contributed by atoms with Crippen LogP contribution in [0.1, 0.15) is 46.5 Å². The van der Waals surface area contributed by atoms with Gasteiger partial charge in [0.1, 0.15) is 5.37 Å². The summed E-state index contributed by atoms with van der Waals surface area (Å²) >= 11 is 0. The number of hydrogen-bond donors (Lipinski definition) is 0. The van der Waals surface area contributed by atoms with Crippen molar-refractivity contribution < 1.29 is 8.42 Å². The minimum Gasteiger partial charge on any atom is -0.283 e. The average Bonchev–Trinajstić information content (AvgIpc) is 2.52. The molecule has 0 aromatic heterocycles. The lowest BCUT2D eigenvalue weighted by molar-refractivity contribution is 0.245. The molecule has 3 nitrogen and oxygen atoms in total. The lowest BCUT2D eigenvalue weighted by Crippen LogP contribution is -2.44. The van der Waals surface area contributed by atoms with E-state index in [9.17, 15) is 8.42 Å². The molecule has 0 N–H and O–H groups in total. The molecule has 130 valence electrons. The molecular formula is C18H28ClNO2S. The number of unbranched alkanes of at least 4 members (excludes halogenated alkanes) is 1. The van der Waals surface area contributed by atoms with Crippen molar-refractivity contribution in [3.05, 3.63) is 41.5 Å². The molecule has 0 radical (unpaired) electrons. The van der Waals surface area contributed by atoms with Crippen LogP contribution in [-0.2, 0) is 9.84 Å². The molecule has 0 aliphatic carbocycles. The quantitative estimate of drug-likeness (QED) is 0.706. The maximum absolute atomic E-state index is 13.1. The van der Waals surface area contributed by atoms with Gasteiger partial charge in [0.25, 0.3) is 0 Å². The van der Waals surface area contributed by atoms with E-state index in [0.717, 1.165) is 32.4 Å². The van der Waals surface area contributed by atoms with Crippen LogP contribution in [0.5, 0.6) is 0 Å². The molecule has 0 amide bonds. The molecule has 0 bridgehead atoms. The zero-order chi connectivity index (χ0) is 16.2. The summed E-state index contributed by atoms with van der Waals surface area (Å²) in [4.78, 5) is 2.60. The van der Waals surface area contributed by atoms with Crippen LogP contribution in [0.3, 0.4) is 0 Å². The van der Waals surface area contributed by atoms with Gasteiger partial charge in [-0.3, -0.25) is 4.90 Å². The van der Waals surface area contributed by atoms with Crippen molar-refractivity contribution in [1.29, 1.82) is 0 Å². The van der Waals surface area contributed by atoms with Gasteiger partial charge in [0.05, 0.1) is 4.90 Å². The van der Waals surface area contributed by atoms with Crippen molar-refractivity contribution in [1.82, 2.24) is 4.90 Å². The van der Waals surface area contributed by atoms with Crippen molar-refractivity contribution in [2.24, 2.45) is 0 Å². The zero-order valence-corrected chi connectivity index (χ0v) is 15.9. The van der Waals surface area contributed by atoms with Gasteiger partial charge in [-0.2, -0.15) is 0 Å². The number of nitrogens with zero attached hydrogens (tertiary/aromatic N) is 1. The molecule has 0 fully saturated rings. The molecule has 0 saturated heterocycles. The van der Waals surface area contributed by atoms with Crippen LogP contribution < -0.4 is 0 Å². The highest BCUT2D eigenvalue weighted by atomic mass is 35.5. The van der Waals surface area contributed by atoms with Crippen molar-refractivity contribution in [3.63, 3.8) is 0 Å². The molecule has 1 unspecified atom stereocenters. The van der Waals surface area contributed by atoms with Crippen LogP contribution in [0.15, 0.2) is 46.4 Å². The van der Waals surface area contributed by atoms with E-state index >= 15 is 0 Å². The van der Waals surface area contributed by atoms with Crippen LogP contribution in [0, 0.1) is 0 Å². The summed E-state index contributed by atoms with van der Waals surface area (Å²) in [6, 6.07) is 8.89. The molecule has 1 aliphatic heterocycles. The molecule has 1 aromatic carbocycles.